The first-order chi connectivity index (χ1) is 11.7. The maximum absolute atomic E-state index is 12.5. The number of aromatic nitrogens is 1. The Morgan fingerprint density at radius 3 is 2.62 bits per heavy atom. The van der Waals surface area contributed by atoms with Crippen LogP contribution in [-0.4, -0.2) is 34.1 Å². The summed E-state index contributed by atoms with van der Waals surface area (Å²) in [7, 11) is 0. The van der Waals surface area contributed by atoms with Gasteiger partial charge in [0.1, 0.15) is 11.8 Å². The molecule has 0 spiro atoms. The molecule has 0 aliphatic carbocycles. The molecule has 0 atom stereocenters. The van der Waals surface area contributed by atoms with Gasteiger partial charge in [-0.15, -0.1) is 11.8 Å². The van der Waals surface area contributed by atoms with E-state index in [4.69, 9.17) is 5.26 Å². The minimum absolute atomic E-state index is 0.00586. The number of nitrogens with zero attached hydrogens (tertiary/aromatic N) is 3. The molecule has 1 saturated heterocycles. The third kappa shape index (κ3) is 3.77. The van der Waals surface area contributed by atoms with Gasteiger partial charge in [0, 0.05) is 29.4 Å². The van der Waals surface area contributed by atoms with Crippen molar-refractivity contribution < 1.29 is 4.79 Å². The van der Waals surface area contributed by atoms with Crippen LogP contribution in [0.25, 0.3) is 0 Å². The average Bonchev–Trinajstić information content (AvgIpc) is 2.64. The maximum atomic E-state index is 12.5. The maximum Gasteiger partial charge on any atom is 0.255 e. The second kappa shape index (κ2) is 7.50. The molecule has 24 heavy (non-hydrogen) atoms. The Kier molecular flexibility index (Phi) is 5.17. The molecule has 1 aromatic carbocycles. The van der Waals surface area contributed by atoms with E-state index in [1.54, 1.807) is 12.1 Å². The van der Waals surface area contributed by atoms with E-state index >= 15 is 0 Å². The Labute approximate surface area is 146 Å². The Bertz CT molecular complexity index is 759. The number of carbonyl (C=O) groups is 1. The second-order valence-electron chi connectivity index (χ2n) is 5.92. The predicted molar refractivity (Wildman–Crippen MR) is 94.9 cm³/mol. The molecule has 2 aromatic rings. The fourth-order valence-electron chi connectivity index (χ4n) is 2.81. The standard InChI is InChI=1S/C19H19N3OS/c1-14-4-2-3-5-18(14)24-17-8-10-22(11-9-17)19(23)15-6-7-16(12-20)21-13-15/h2-7,13,17H,8-11H2,1H3. The van der Waals surface area contributed by atoms with Crippen LogP contribution in [0, 0.1) is 18.3 Å². The van der Waals surface area contributed by atoms with E-state index < -0.39 is 0 Å². The van der Waals surface area contributed by atoms with Gasteiger partial charge in [0.15, 0.2) is 0 Å². The van der Waals surface area contributed by atoms with Gasteiger partial charge in [0.2, 0.25) is 0 Å². The van der Waals surface area contributed by atoms with Gasteiger partial charge in [-0.25, -0.2) is 4.98 Å². The monoisotopic (exact) mass is 337 g/mol. The highest BCUT2D eigenvalue weighted by Crippen LogP contribution is 2.32. The van der Waals surface area contributed by atoms with Crippen LogP contribution in [0.15, 0.2) is 47.5 Å². The molecule has 0 N–H and O–H groups in total. The number of benzene rings is 1. The lowest BCUT2D eigenvalue weighted by Crippen LogP contribution is -2.39. The molecule has 0 radical (unpaired) electrons. The van der Waals surface area contributed by atoms with Gasteiger partial charge in [-0.05, 0) is 43.5 Å². The van der Waals surface area contributed by atoms with Gasteiger partial charge in [0.25, 0.3) is 5.91 Å². The average molecular weight is 337 g/mol. The molecular weight excluding hydrogens is 318 g/mol. The molecular formula is C19H19N3OS. The first-order valence-corrected chi connectivity index (χ1v) is 8.93. The molecule has 1 aromatic heterocycles. The molecule has 0 unspecified atom stereocenters. The number of hydrogen-bond acceptors (Lipinski definition) is 4. The number of aryl methyl sites for hydroxylation is 1. The van der Waals surface area contributed by atoms with E-state index in [1.165, 1.54) is 16.7 Å². The Morgan fingerprint density at radius 2 is 2.00 bits per heavy atom. The lowest BCUT2D eigenvalue weighted by molar-refractivity contribution is 0.0727. The van der Waals surface area contributed by atoms with Gasteiger partial charge in [-0.2, -0.15) is 5.26 Å². The molecule has 4 nitrogen and oxygen atoms in total. The van der Waals surface area contributed by atoms with Crippen molar-refractivity contribution in [2.24, 2.45) is 0 Å². The number of carbonyl (C=O) groups excluding carboxylic acids is 1. The summed E-state index contributed by atoms with van der Waals surface area (Å²) in [6, 6.07) is 13.7. The van der Waals surface area contributed by atoms with Crippen molar-refractivity contribution in [2.45, 2.75) is 29.9 Å². The lowest BCUT2D eigenvalue weighted by Gasteiger charge is -2.32. The smallest absolute Gasteiger partial charge is 0.255 e. The molecule has 1 aliphatic rings. The van der Waals surface area contributed by atoms with Crippen molar-refractivity contribution in [1.29, 1.82) is 5.26 Å². The van der Waals surface area contributed by atoms with E-state index in [9.17, 15) is 4.79 Å². The minimum Gasteiger partial charge on any atom is -0.339 e. The highest BCUT2D eigenvalue weighted by molar-refractivity contribution is 8.00. The fourth-order valence-corrected chi connectivity index (χ4v) is 4.03. The van der Waals surface area contributed by atoms with E-state index in [1.807, 2.05) is 22.7 Å². The zero-order valence-corrected chi connectivity index (χ0v) is 14.4. The van der Waals surface area contributed by atoms with Gasteiger partial charge in [-0.1, -0.05) is 18.2 Å². The van der Waals surface area contributed by atoms with Crippen LogP contribution in [0.5, 0.6) is 0 Å². The van der Waals surface area contributed by atoms with E-state index in [2.05, 4.69) is 36.2 Å². The number of piperidine rings is 1. The van der Waals surface area contributed by atoms with Gasteiger partial charge < -0.3 is 4.90 Å². The topological polar surface area (TPSA) is 57.0 Å². The molecule has 0 saturated carbocycles. The van der Waals surface area contributed by atoms with Crippen molar-refractivity contribution in [3.05, 3.63) is 59.4 Å². The van der Waals surface area contributed by atoms with Crippen LogP contribution in [-0.2, 0) is 0 Å². The summed E-state index contributed by atoms with van der Waals surface area (Å²) < 4.78 is 0. The first-order valence-electron chi connectivity index (χ1n) is 8.05. The van der Waals surface area contributed by atoms with E-state index in [0.717, 1.165) is 25.9 Å². The number of rotatable bonds is 3. The number of thioether (sulfide) groups is 1. The third-order valence-electron chi connectivity index (χ3n) is 4.24. The Hall–Kier alpha value is -2.32. The van der Waals surface area contributed by atoms with Gasteiger partial charge >= 0.3 is 0 Å². The normalized spacial score (nSPS) is 15.1. The predicted octanol–water partition coefficient (Wildman–Crippen LogP) is 3.66. The number of amides is 1. The van der Waals surface area contributed by atoms with E-state index in [-0.39, 0.29) is 5.91 Å². The summed E-state index contributed by atoms with van der Waals surface area (Å²) in [6.45, 7) is 3.67. The largest absolute Gasteiger partial charge is 0.339 e. The minimum atomic E-state index is 0.00586. The molecule has 122 valence electrons. The van der Waals surface area contributed by atoms with E-state index in [0.29, 0.717) is 16.5 Å². The van der Waals surface area contributed by atoms with Crippen molar-refractivity contribution >= 4 is 17.7 Å². The Morgan fingerprint density at radius 1 is 1.25 bits per heavy atom. The zero-order chi connectivity index (χ0) is 16.9. The molecule has 3 rings (SSSR count). The van der Waals surface area contributed by atoms with Crippen molar-refractivity contribution in [3.63, 3.8) is 0 Å². The van der Waals surface area contributed by atoms with Gasteiger partial charge in [0.05, 0.1) is 5.56 Å². The highest BCUT2D eigenvalue weighted by Gasteiger charge is 2.24. The van der Waals surface area contributed by atoms with Gasteiger partial charge in [-0.3, -0.25) is 4.79 Å². The summed E-state index contributed by atoms with van der Waals surface area (Å²) in [5.74, 6) is 0.00586. The third-order valence-corrected chi connectivity index (χ3v) is 5.76. The summed E-state index contributed by atoms with van der Waals surface area (Å²) in [5, 5.41) is 9.33. The van der Waals surface area contributed by atoms with Crippen LogP contribution in [0.1, 0.15) is 34.5 Å². The second-order valence-corrected chi connectivity index (χ2v) is 7.26. The van der Waals surface area contributed by atoms with Crippen LogP contribution in [0.3, 0.4) is 0 Å². The van der Waals surface area contributed by atoms with Crippen molar-refractivity contribution in [3.8, 4) is 6.07 Å². The first kappa shape index (κ1) is 16.5. The Balaban J connectivity index is 1.57. The van der Waals surface area contributed by atoms with Crippen LogP contribution in [0.2, 0.25) is 0 Å². The summed E-state index contributed by atoms with van der Waals surface area (Å²) in [6.07, 6.45) is 3.48. The molecule has 2 heterocycles. The number of pyridine rings is 1. The number of hydrogen-bond donors (Lipinski definition) is 0. The molecule has 1 fully saturated rings. The molecule has 5 heteroatoms. The summed E-state index contributed by atoms with van der Waals surface area (Å²) in [4.78, 5) is 19.7. The summed E-state index contributed by atoms with van der Waals surface area (Å²) >= 11 is 1.92. The fraction of sp³-hybridized carbons (Fsp3) is 0.316. The van der Waals surface area contributed by atoms with Crippen LogP contribution < -0.4 is 0 Å². The lowest BCUT2D eigenvalue weighted by atomic mass is 10.1. The number of likely N-dealkylation sites (tertiary alicyclic amines) is 1. The molecule has 1 aliphatic heterocycles. The zero-order valence-electron chi connectivity index (χ0n) is 13.6. The number of nitriles is 1. The molecule has 0 bridgehead atoms. The molecule has 1 amide bonds. The summed E-state index contributed by atoms with van der Waals surface area (Å²) in [5.41, 5.74) is 2.20. The SMILES string of the molecule is Cc1ccccc1SC1CCN(C(=O)c2ccc(C#N)nc2)CC1. The van der Waals surface area contributed by atoms with Crippen molar-refractivity contribution in [1.82, 2.24) is 9.88 Å². The van der Waals surface area contributed by atoms with Crippen molar-refractivity contribution in [2.75, 3.05) is 13.1 Å². The highest BCUT2D eigenvalue weighted by atomic mass is 32.2. The van der Waals surface area contributed by atoms with Crippen LogP contribution >= 0.6 is 11.8 Å². The van der Waals surface area contributed by atoms with Crippen LogP contribution in [0.4, 0.5) is 0 Å². The quantitative estimate of drug-likeness (QED) is 0.858.